The van der Waals surface area contributed by atoms with Gasteiger partial charge >= 0.3 is 5.97 Å². The molecule has 1 fully saturated rings. The van der Waals surface area contributed by atoms with Gasteiger partial charge in [-0.25, -0.2) is 32.9 Å². The predicted molar refractivity (Wildman–Crippen MR) is 147 cm³/mol. The molecule has 3 aromatic heterocycles. The molecular weight excluding hydrogens is 549 g/mol. The molecule has 0 spiro atoms. The van der Waals surface area contributed by atoms with Crippen LogP contribution in [0.25, 0.3) is 22.4 Å². The molecule has 11 heteroatoms. The number of ether oxygens (including phenoxy) is 2. The van der Waals surface area contributed by atoms with Gasteiger partial charge in [0.2, 0.25) is 0 Å². The number of carboxylic acids is 1. The van der Waals surface area contributed by atoms with E-state index in [2.05, 4.69) is 15.0 Å². The molecule has 42 heavy (non-hydrogen) atoms. The summed E-state index contributed by atoms with van der Waals surface area (Å²) in [6.45, 7) is 2.61. The molecule has 0 aliphatic carbocycles. The van der Waals surface area contributed by atoms with Crippen molar-refractivity contribution in [2.24, 2.45) is 0 Å². The molecule has 1 aliphatic heterocycles. The molecule has 4 heterocycles. The Bertz CT molecular complexity index is 1820. The fraction of sp³-hybridized carbons (Fsp3) is 0.226. The number of nitrogens with zero attached hydrogens (tertiary/aromatic N) is 4. The average Bonchev–Trinajstić information content (AvgIpc) is 3.27. The maximum Gasteiger partial charge on any atom is 0.354 e. The van der Waals surface area contributed by atoms with Crippen LogP contribution < -0.4 is 4.74 Å². The molecule has 214 valence electrons. The Morgan fingerprint density at radius 2 is 1.83 bits per heavy atom. The Balaban J connectivity index is 1.25. The summed E-state index contributed by atoms with van der Waals surface area (Å²) in [7, 11) is 0. The van der Waals surface area contributed by atoms with Gasteiger partial charge in [0, 0.05) is 24.2 Å². The van der Waals surface area contributed by atoms with E-state index in [1.165, 1.54) is 30.3 Å². The first-order valence-electron chi connectivity index (χ1n) is 13.3. The fourth-order valence-electron chi connectivity index (χ4n) is 4.78. The molecule has 2 aromatic carbocycles. The quantitative estimate of drug-likeness (QED) is 0.235. The minimum absolute atomic E-state index is 0.0426. The number of carboxylic acid groups (broad SMARTS) is 1. The number of aromatic nitrogens is 4. The number of benzene rings is 2. The van der Waals surface area contributed by atoms with Crippen LogP contribution in [0.4, 0.5) is 13.2 Å². The van der Waals surface area contributed by atoms with Gasteiger partial charge in [-0.05, 0) is 66.9 Å². The number of hydrogen-bond donors (Lipinski definition) is 1. The van der Waals surface area contributed by atoms with Gasteiger partial charge in [0.25, 0.3) is 5.88 Å². The highest BCUT2D eigenvalue weighted by Gasteiger charge is 2.23. The molecule has 1 aliphatic rings. The van der Waals surface area contributed by atoms with Crippen molar-refractivity contribution < 1.29 is 32.5 Å². The lowest BCUT2D eigenvalue weighted by atomic mass is 10.0. The number of halogens is 3. The second kappa shape index (κ2) is 11.2. The lowest BCUT2D eigenvalue weighted by Gasteiger charge is -2.27. The Morgan fingerprint density at radius 1 is 1.00 bits per heavy atom. The summed E-state index contributed by atoms with van der Waals surface area (Å²) in [4.78, 5) is 24.6. The second-order valence-electron chi connectivity index (χ2n) is 10.1. The van der Waals surface area contributed by atoms with Crippen molar-refractivity contribution in [3.63, 3.8) is 0 Å². The van der Waals surface area contributed by atoms with Crippen LogP contribution in [0.3, 0.4) is 0 Å². The third kappa shape index (κ3) is 5.55. The molecule has 5 aromatic rings. The summed E-state index contributed by atoms with van der Waals surface area (Å²) in [6, 6.07) is 14.7. The summed E-state index contributed by atoms with van der Waals surface area (Å²) < 4.78 is 56.8. The highest BCUT2D eigenvalue weighted by molar-refractivity contribution is 5.88. The van der Waals surface area contributed by atoms with Gasteiger partial charge in [-0.2, -0.15) is 0 Å². The molecule has 0 radical (unpaired) electrons. The van der Waals surface area contributed by atoms with E-state index in [1.807, 2.05) is 4.57 Å². The van der Waals surface area contributed by atoms with E-state index in [1.54, 1.807) is 31.2 Å². The first-order valence-corrected chi connectivity index (χ1v) is 13.3. The molecule has 0 saturated carbocycles. The lowest BCUT2D eigenvalue weighted by molar-refractivity contribution is -0.0590. The second-order valence-corrected chi connectivity index (χ2v) is 10.1. The van der Waals surface area contributed by atoms with Gasteiger partial charge in [0.15, 0.2) is 17.2 Å². The highest BCUT2D eigenvalue weighted by atomic mass is 19.1. The van der Waals surface area contributed by atoms with Crippen molar-refractivity contribution in [3.8, 4) is 17.1 Å². The standard InChI is InChI=1S/C31H25F3N4O4/c1-17-2-4-19(23(33)12-17)16-42-30-22(32)6-7-25(37-30)21-5-3-18(13-24(21)34)14-28-35-26-8-9-27(31(39)40)36-29(26)38(28)15-20-10-11-41-20/h2-9,12-13,20H,10-11,14-16H2,1H3,(H,39,40). The fourth-order valence-corrected chi connectivity index (χ4v) is 4.78. The molecule has 1 saturated heterocycles. The third-order valence-electron chi connectivity index (χ3n) is 7.13. The first kappa shape index (κ1) is 27.4. The van der Waals surface area contributed by atoms with Crippen molar-refractivity contribution in [2.75, 3.05) is 6.61 Å². The Labute approximate surface area is 238 Å². The molecule has 6 rings (SSSR count). The maximum absolute atomic E-state index is 15.4. The van der Waals surface area contributed by atoms with Crippen molar-refractivity contribution in [1.82, 2.24) is 19.5 Å². The van der Waals surface area contributed by atoms with Gasteiger partial charge in [0.05, 0.1) is 18.3 Å². The van der Waals surface area contributed by atoms with E-state index in [4.69, 9.17) is 9.47 Å². The van der Waals surface area contributed by atoms with Crippen LogP contribution in [0.15, 0.2) is 60.7 Å². The maximum atomic E-state index is 15.4. The van der Waals surface area contributed by atoms with Gasteiger partial charge in [-0.15, -0.1) is 0 Å². The van der Waals surface area contributed by atoms with Gasteiger partial charge < -0.3 is 19.1 Å². The average molecular weight is 575 g/mol. The van der Waals surface area contributed by atoms with Gasteiger partial charge in [-0.1, -0.05) is 18.2 Å². The zero-order chi connectivity index (χ0) is 29.4. The lowest BCUT2D eigenvalue weighted by Crippen LogP contribution is -2.32. The Morgan fingerprint density at radius 3 is 2.55 bits per heavy atom. The van der Waals surface area contributed by atoms with Crippen LogP contribution in [0.5, 0.6) is 5.88 Å². The molecule has 1 unspecified atom stereocenters. The number of fused-ring (bicyclic) bond motifs is 1. The van der Waals surface area contributed by atoms with Crippen LogP contribution in [0.2, 0.25) is 0 Å². The summed E-state index contributed by atoms with van der Waals surface area (Å²) in [5.41, 5.74) is 2.73. The molecule has 8 nitrogen and oxygen atoms in total. The van der Waals surface area contributed by atoms with Crippen molar-refractivity contribution in [3.05, 3.63) is 106 Å². The number of pyridine rings is 2. The molecule has 1 atom stereocenters. The highest BCUT2D eigenvalue weighted by Crippen LogP contribution is 2.28. The van der Waals surface area contributed by atoms with E-state index in [0.29, 0.717) is 35.7 Å². The first-order chi connectivity index (χ1) is 20.2. The van der Waals surface area contributed by atoms with E-state index in [0.717, 1.165) is 18.1 Å². The van der Waals surface area contributed by atoms with E-state index < -0.39 is 23.4 Å². The summed E-state index contributed by atoms with van der Waals surface area (Å²) in [5.74, 6) is -2.73. The van der Waals surface area contributed by atoms with Crippen molar-refractivity contribution in [1.29, 1.82) is 0 Å². The van der Waals surface area contributed by atoms with Gasteiger partial charge in [-0.3, -0.25) is 0 Å². The number of aromatic carboxylic acids is 1. The summed E-state index contributed by atoms with van der Waals surface area (Å²) >= 11 is 0. The number of aryl methyl sites for hydroxylation is 1. The predicted octanol–water partition coefficient (Wildman–Crippen LogP) is 5.88. The SMILES string of the molecule is Cc1ccc(COc2nc(-c3ccc(Cc4nc5ccc(C(=O)O)nc5n4CC4CCO4)cc3F)ccc2F)c(F)c1. The van der Waals surface area contributed by atoms with Crippen molar-refractivity contribution >= 4 is 17.1 Å². The van der Waals surface area contributed by atoms with E-state index in [-0.39, 0.29) is 47.5 Å². The zero-order valence-electron chi connectivity index (χ0n) is 22.5. The third-order valence-corrected chi connectivity index (χ3v) is 7.13. The number of rotatable bonds is 9. The summed E-state index contributed by atoms with van der Waals surface area (Å²) in [6.07, 6.45) is 1.06. The largest absolute Gasteiger partial charge is 0.477 e. The smallest absolute Gasteiger partial charge is 0.354 e. The van der Waals surface area contributed by atoms with Crippen molar-refractivity contribution in [2.45, 2.75) is 39.0 Å². The number of carbonyl (C=O) groups is 1. The van der Waals surface area contributed by atoms with E-state index >= 15 is 4.39 Å². The molecule has 1 N–H and O–H groups in total. The number of imidazole rings is 1. The minimum atomic E-state index is -1.14. The monoisotopic (exact) mass is 574 g/mol. The summed E-state index contributed by atoms with van der Waals surface area (Å²) in [5, 5.41) is 9.39. The van der Waals surface area contributed by atoms with Gasteiger partial charge in [0.1, 0.15) is 29.6 Å². The van der Waals surface area contributed by atoms with E-state index in [9.17, 15) is 18.7 Å². The van der Waals surface area contributed by atoms with Crippen LogP contribution in [0.1, 0.15) is 39.4 Å². The normalized spacial score (nSPS) is 14.6. The van der Waals surface area contributed by atoms with Crippen LogP contribution in [0, 0.1) is 24.4 Å². The topological polar surface area (TPSA) is 99.4 Å². The zero-order valence-corrected chi connectivity index (χ0v) is 22.5. The van der Waals surface area contributed by atoms with Crippen LogP contribution in [-0.2, 0) is 24.3 Å². The number of hydrogen-bond acceptors (Lipinski definition) is 6. The molecular formula is C31H25F3N4O4. The Hall–Kier alpha value is -4.77. The Kier molecular flexibility index (Phi) is 7.34. The van der Waals surface area contributed by atoms with Crippen LogP contribution in [-0.4, -0.2) is 43.3 Å². The minimum Gasteiger partial charge on any atom is -0.477 e. The molecule has 0 bridgehead atoms. The van der Waals surface area contributed by atoms with Crippen LogP contribution >= 0.6 is 0 Å². The molecule has 0 amide bonds.